The van der Waals surface area contributed by atoms with E-state index in [0.717, 1.165) is 16.5 Å². The van der Waals surface area contributed by atoms with E-state index in [1.807, 2.05) is 30.5 Å². The molecule has 7 N–H and O–H groups in total. The molecule has 4 unspecified atom stereocenters. The van der Waals surface area contributed by atoms with Crippen LogP contribution in [-0.2, 0) is 32.0 Å². The molecule has 0 bridgehead atoms. The van der Waals surface area contributed by atoms with Gasteiger partial charge in [0.15, 0.2) is 0 Å². The summed E-state index contributed by atoms with van der Waals surface area (Å²) in [5.74, 6) is -1.92. The summed E-state index contributed by atoms with van der Waals surface area (Å²) in [5.41, 5.74) is 8.43. The number of para-hydroxylation sites is 1. The van der Waals surface area contributed by atoms with E-state index in [9.17, 15) is 24.3 Å². The van der Waals surface area contributed by atoms with Crippen molar-refractivity contribution in [3.8, 4) is 0 Å². The molecule has 12 nitrogen and oxygen atoms in total. The average Bonchev–Trinajstić information content (AvgIpc) is 3.71. The largest absolute Gasteiger partial charge is 0.480 e. The number of imidazole rings is 1. The van der Waals surface area contributed by atoms with E-state index >= 15 is 0 Å². The maximum Gasteiger partial charge on any atom is 0.326 e. The lowest BCUT2D eigenvalue weighted by atomic mass is 10.0. The van der Waals surface area contributed by atoms with E-state index in [0.29, 0.717) is 37.3 Å². The van der Waals surface area contributed by atoms with Crippen LogP contribution in [-0.4, -0.2) is 91.4 Å². The first kappa shape index (κ1) is 29.2. The molecular weight excluding hydrogens is 534 g/mol. The molecule has 0 radical (unpaired) electrons. The quantitative estimate of drug-likeness (QED) is 0.174. The van der Waals surface area contributed by atoms with Crippen molar-refractivity contribution in [1.29, 1.82) is 0 Å². The van der Waals surface area contributed by atoms with Crippen molar-refractivity contribution in [2.75, 3.05) is 18.6 Å². The second-order valence-corrected chi connectivity index (χ2v) is 10.9. The Balaban J connectivity index is 1.42. The minimum absolute atomic E-state index is 0.0897. The lowest BCUT2D eigenvalue weighted by Gasteiger charge is -2.30. The number of aliphatic carboxylic acids is 1. The molecule has 2 aromatic heterocycles. The van der Waals surface area contributed by atoms with Crippen LogP contribution in [0.5, 0.6) is 0 Å². The Morgan fingerprint density at radius 1 is 1.18 bits per heavy atom. The van der Waals surface area contributed by atoms with Gasteiger partial charge in [-0.15, -0.1) is 0 Å². The van der Waals surface area contributed by atoms with Crippen molar-refractivity contribution in [1.82, 2.24) is 30.5 Å². The topological polar surface area (TPSA) is 186 Å². The van der Waals surface area contributed by atoms with Crippen LogP contribution in [0.3, 0.4) is 0 Å². The smallest absolute Gasteiger partial charge is 0.326 e. The molecule has 0 spiro atoms. The Kier molecular flexibility index (Phi) is 9.83. The van der Waals surface area contributed by atoms with E-state index in [4.69, 9.17) is 5.73 Å². The first-order valence-electron chi connectivity index (χ1n) is 13.2. The number of aromatic nitrogens is 3. The van der Waals surface area contributed by atoms with Gasteiger partial charge < -0.3 is 36.3 Å². The zero-order chi connectivity index (χ0) is 28.6. The predicted octanol–water partition coefficient (Wildman–Crippen LogP) is 0.802. The van der Waals surface area contributed by atoms with Gasteiger partial charge in [0.05, 0.1) is 12.4 Å². The number of hydrogen-bond acceptors (Lipinski definition) is 7. The van der Waals surface area contributed by atoms with Crippen molar-refractivity contribution in [3.63, 3.8) is 0 Å². The van der Waals surface area contributed by atoms with Crippen molar-refractivity contribution in [2.24, 2.45) is 5.73 Å². The molecule has 1 saturated heterocycles. The molecule has 3 heterocycles. The molecule has 40 heavy (non-hydrogen) atoms. The lowest BCUT2D eigenvalue weighted by Crippen LogP contribution is -2.57. The van der Waals surface area contributed by atoms with Crippen molar-refractivity contribution < 1.29 is 24.3 Å². The van der Waals surface area contributed by atoms with E-state index in [-0.39, 0.29) is 18.7 Å². The highest BCUT2D eigenvalue weighted by atomic mass is 32.2. The Labute approximate surface area is 235 Å². The SMILES string of the molecule is CSCCC(NC(=O)C(N)Cc1cnc[nH]1)C(=O)N1CCCC1C(=O)NC(Cc1c[nH]c2ccccc12)C(=O)O. The van der Waals surface area contributed by atoms with Gasteiger partial charge in [-0.3, -0.25) is 14.4 Å². The summed E-state index contributed by atoms with van der Waals surface area (Å²) in [6.07, 6.45) is 8.41. The van der Waals surface area contributed by atoms with Crippen LogP contribution < -0.4 is 16.4 Å². The Bertz CT molecular complexity index is 1330. The molecule has 3 aromatic rings. The van der Waals surface area contributed by atoms with Crippen LogP contribution in [0.4, 0.5) is 0 Å². The molecule has 3 amide bonds. The number of nitrogens with zero attached hydrogens (tertiary/aromatic N) is 2. The number of thioether (sulfide) groups is 1. The van der Waals surface area contributed by atoms with Gasteiger partial charge in [0, 0.05) is 48.4 Å². The number of carboxylic acids is 1. The van der Waals surface area contributed by atoms with Crippen molar-refractivity contribution >= 4 is 46.4 Å². The number of rotatable bonds is 13. The predicted molar refractivity (Wildman–Crippen MR) is 152 cm³/mol. The monoisotopic (exact) mass is 569 g/mol. The highest BCUT2D eigenvalue weighted by Gasteiger charge is 2.39. The van der Waals surface area contributed by atoms with E-state index in [1.54, 1.807) is 12.4 Å². The zero-order valence-electron chi connectivity index (χ0n) is 22.3. The number of carbonyl (C=O) groups excluding carboxylic acids is 3. The van der Waals surface area contributed by atoms with Crippen LogP contribution in [0.15, 0.2) is 43.0 Å². The molecular formula is C27H35N7O5S. The van der Waals surface area contributed by atoms with E-state index < -0.39 is 42.0 Å². The van der Waals surface area contributed by atoms with Gasteiger partial charge in [-0.1, -0.05) is 18.2 Å². The highest BCUT2D eigenvalue weighted by Crippen LogP contribution is 2.22. The number of nitrogens with one attached hydrogen (secondary N) is 4. The number of fused-ring (bicyclic) bond motifs is 1. The molecule has 0 saturated carbocycles. The average molecular weight is 570 g/mol. The second-order valence-electron chi connectivity index (χ2n) is 9.88. The number of carbonyl (C=O) groups is 4. The van der Waals surface area contributed by atoms with Crippen LogP contribution >= 0.6 is 11.8 Å². The molecule has 4 rings (SSSR count). The normalized spacial score (nSPS) is 17.4. The zero-order valence-corrected chi connectivity index (χ0v) is 23.1. The second kappa shape index (κ2) is 13.5. The van der Waals surface area contributed by atoms with E-state index in [2.05, 4.69) is 25.6 Å². The van der Waals surface area contributed by atoms with Gasteiger partial charge in [0.2, 0.25) is 17.7 Å². The number of amides is 3. The lowest BCUT2D eigenvalue weighted by molar-refractivity contribution is -0.144. The molecule has 1 aliphatic rings. The summed E-state index contributed by atoms with van der Waals surface area (Å²) >= 11 is 1.54. The van der Waals surface area contributed by atoms with Crippen molar-refractivity contribution in [2.45, 2.75) is 56.3 Å². The minimum atomic E-state index is -1.17. The Morgan fingerprint density at radius 2 is 1.98 bits per heavy atom. The van der Waals surface area contributed by atoms with E-state index in [1.165, 1.54) is 23.0 Å². The molecule has 1 aromatic carbocycles. The number of benzene rings is 1. The molecule has 4 atom stereocenters. The molecule has 214 valence electrons. The van der Waals surface area contributed by atoms with Crippen LogP contribution in [0.1, 0.15) is 30.5 Å². The summed E-state index contributed by atoms with van der Waals surface area (Å²) in [7, 11) is 0. The number of likely N-dealkylation sites (tertiary alicyclic amines) is 1. The summed E-state index contributed by atoms with van der Waals surface area (Å²) in [4.78, 5) is 63.2. The molecule has 1 fully saturated rings. The first-order chi connectivity index (χ1) is 19.3. The van der Waals surface area contributed by atoms with Gasteiger partial charge >= 0.3 is 5.97 Å². The third-order valence-corrected chi connectivity index (χ3v) is 7.75. The number of aromatic amines is 2. The minimum Gasteiger partial charge on any atom is -0.480 e. The summed E-state index contributed by atoms with van der Waals surface area (Å²) in [5, 5.41) is 16.2. The Hall–Kier alpha value is -3.84. The fourth-order valence-corrected chi connectivity index (χ4v) is 5.46. The van der Waals surface area contributed by atoms with Gasteiger partial charge in [0.1, 0.15) is 18.1 Å². The summed E-state index contributed by atoms with van der Waals surface area (Å²) < 4.78 is 0. The summed E-state index contributed by atoms with van der Waals surface area (Å²) in [6.45, 7) is 0.336. The Morgan fingerprint density at radius 3 is 2.70 bits per heavy atom. The van der Waals surface area contributed by atoms with Gasteiger partial charge in [0.25, 0.3) is 0 Å². The highest BCUT2D eigenvalue weighted by molar-refractivity contribution is 7.98. The first-order valence-corrected chi connectivity index (χ1v) is 14.6. The molecule has 13 heteroatoms. The van der Waals surface area contributed by atoms with Crippen molar-refractivity contribution in [3.05, 3.63) is 54.2 Å². The third kappa shape index (κ3) is 7.02. The maximum absolute atomic E-state index is 13.6. The van der Waals surface area contributed by atoms with Gasteiger partial charge in [-0.2, -0.15) is 11.8 Å². The van der Waals surface area contributed by atoms with Gasteiger partial charge in [-0.25, -0.2) is 9.78 Å². The fourth-order valence-electron chi connectivity index (χ4n) is 4.99. The molecule has 1 aliphatic heterocycles. The summed E-state index contributed by atoms with van der Waals surface area (Å²) in [6, 6.07) is 3.79. The number of H-pyrrole nitrogens is 2. The number of hydrogen-bond donors (Lipinski definition) is 6. The van der Waals surface area contributed by atoms with Crippen LogP contribution in [0.2, 0.25) is 0 Å². The van der Waals surface area contributed by atoms with Gasteiger partial charge in [-0.05, 0) is 42.9 Å². The number of carboxylic acid groups (broad SMARTS) is 1. The maximum atomic E-state index is 13.6. The third-order valence-electron chi connectivity index (χ3n) is 7.11. The standard InChI is InChI=1S/C27H35N7O5S/c1-40-10-8-21(32-24(35)19(28)12-17-14-29-15-31-17)26(37)34-9-4-7-23(34)25(36)33-22(27(38)39)11-16-13-30-20-6-3-2-5-18(16)20/h2-3,5-6,13-15,19,21-23,30H,4,7-12,28H2,1H3,(H,29,31)(H,32,35)(H,33,36)(H,38,39). The van der Waals surface area contributed by atoms with Crippen LogP contribution in [0.25, 0.3) is 10.9 Å². The molecule has 0 aliphatic carbocycles. The number of nitrogens with two attached hydrogens (primary N) is 1. The fraction of sp³-hybridized carbons (Fsp3) is 0.444. The van der Waals surface area contributed by atoms with Crippen LogP contribution in [0, 0.1) is 0 Å².